The van der Waals surface area contributed by atoms with Gasteiger partial charge in [0.2, 0.25) is 5.89 Å². The second kappa shape index (κ2) is 6.74. The van der Waals surface area contributed by atoms with Crippen LogP contribution in [0.2, 0.25) is 0 Å². The Bertz CT molecular complexity index is 742. The van der Waals surface area contributed by atoms with Crippen molar-refractivity contribution >= 4 is 23.5 Å². The molecule has 0 bridgehead atoms. The van der Waals surface area contributed by atoms with Crippen LogP contribution in [0.1, 0.15) is 42.8 Å². The minimum Gasteiger partial charge on any atom is -0.463 e. The molecule has 0 spiro atoms. The molecule has 24 heavy (non-hydrogen) atoms. The van der Waals surface area contributed by atoms with E-state index in [0.29, 0.717) is 11.6 Å². The zero-order chi connectivity index (χ0) is 17.9. The fourth-order valence-corrected chi connectivity index (χ4v) is 1.86. The van der Waals surface area contributed by atoms with Crippen LogP contribution in [0.25, 0.3) is 0 Å². The van der Waals surface area contributed by atoms with E-state index in [9.17, 15) is 9.59 Å². The molecule has 7 nitrogen and oxygen atoms in total. The number of hydrogen-bond donors (Lipinski definition) is 2. The average molecular weight is 331 g/mol. The molecule has 1 aromatic heterocycles. The molecular weight excluding hydrogens is 310 g/mol. The highest BCUT2D eigenvalue weighted by Crippen LogP contribution is 2.27. The van der Waals surface area contributed by atoms with E-state index in [4.69, 9.17) is 4.42 Å². The van der Waals surface area contributed by atoms with Gasteiger partial charge in [0.15, 0.2) is 5.82 Å². The Kier molecular flexibility index (Phi) is 4.92. The molecule has 1 heterocycles. The standard InChI is InChI=1S/C17H21N3O4/c1-10-6-8-11(9-7-10)18-16(22)20-13-12(14(21)23-5)24-15(19-13)17(2,3)4/h6-9H,1-5H3,(H2,18,20,22). The number of nitrogens with one attached hydrogen (secondary N) is 2. The first-order valence-corrected chi connectivity index (χ1v) is 7.45. The van der Waals surface area contributed by atoms with E-state index >= 15 is 0 Å². The van der Waals surface area contributed by atoms with Crippen molar-refractivity contribution < 1.29 is 18.7 Å². The molecule has 2 rings (SSSR count). The first kappa shape index (κ1) is 17.5. The number of esters is 1. The maximum atomic E-state index is 12.1. The molecule has 0 saturated heterocycles. The van der Waals surface area contributed by atoms with Crippen LogP contribution in [0, 0.1) is 6.92 Å². The lowest BCUT2D eigenvalue weighted by Crippen LogP contribution is -2.21. The molecule has 0 unspecified atom stereocenters. The summed E-state index contributed by atoms with van der Waals surface area (Å²) in [4.78, 5) is 28.2. The molecular formula is C17H21N3O4. The lowest BCUT2D eigenvalue weighted by atomic mass is 9.97. The van der Waals surface area contributed by atoms with Crippen LogP contribution < -0.4 is 10.6 Å². The lowest BCUT2D eigenvalue weighted by Gasteiger charge is -2.11. The van der Waals surface area contributed by atoms with Crippen LogP contribution in [-0.2, 0) is 10.2 Å². The molecule has 1 aromatic carbocycles. The summed E-state index contributed by atoms with van der Waals surface area (Å²) in [5, 5.41) is 5.19. The van der Waals surface area contributed by atoms with E-state index in [-0.39, 0.29) is 11.6 Å². The minimum atomic E-state index is -0.705. The van der Waals surface area contributed by atoms with Gasteiger partial charge in [-0.2, -0.15) is 4.98 Å². The van der Waals surface area contributed by atoms with Crippen molar-refractivity contribution in [3.63, 3.8) is 0 Å². The summed E-state index contributed by atoms with van der Waals surface area (Å²) < 4.78 is 10.1. The van der Waals surface area contributed by atoms with Crippen LogP contribution >= 0.6 is 0 Å². The summed E-state index contributed by atoms with van der Waals surface area (Å²) in [5.41, 5.74) is 1.29. The smallest absolute Gasteiger partial charge is 0.378 e. The van der Waals surface area contributed by atoms with Gasteiger partial charge in [-0.25, -0.2) is 9.59 Å². The normalized spacial score (nSPS) is 11.0. The Hall–Kier alpha value is -2.83. The number of oxazole rings is 1. The minimum absolute atomic E-state index is 0.0244. The molecule has 7 heteroatoms. The number of carbonyl (C=O) groups excluding carboxylic acids is 2. The number of aryl methyl sites for hydroxylation is 1. The van der Waals surface area contributed by atoms with Gasteiger partial charge < -0.3 is 14.5 Å². The third-order valence-corrected chi connectivity index (χ3v) is 3.18. The Morgan fingerprint density at radius 1 is 1.12 bits per heavy atom. The van der Waals surface area contributed by atoms with Crippen LogP contribution in [0.15, 0.2) is 28.7 Å². The SMILES string of the molecule is COC(=O)c1oc(C(C)(C)C)nc1NC(=O)Nc1ccc(C)cc1. The Balaban J connectivity index is 2.21. The molecule has 2 amide bonds. The Morgan fingerprint density at radius 3 is 2.29 bits per heavy atom. The van der Waals surface area contributed by atoms with Crippen LogP contribution in [-0.4, -0.2) is 24.1 Å². The van der Waals surface area contributed by atoms with Crippen molar-refractivity contribution in [2.24, 2.45) is 0 Å². The number of urea groups is 1. The molecule has 128 valence electrons. The lowest BCUT2D eigenvalue weighted by molar-refractivity contribution is 0.0563. The fourth-order valence-electron chi connectivity index (χ4n) is 1.86. The number of rotatable bonds is 3. The van der Waals surface area contributed by atoms with Gasteiger partial charge in [-0.1, -0.05) is 38.5 Å². The van der Waals surface area contributed by atoms with E-state index in [2.05, 4.69) is 20.4 Å². The molecule has 0 fully saturated rings. The first-order valence-electron chi connectivity index (χ1n) is 7.45. The van der Waals surface area contributed by atoms with Crippen LogP contribution in [0.4, 0.5) is 16.3 Å². The van der Waals surface area contributed by atoms with Gasteiger partial charge in [0.05, 0.1) is 7.11 Å². The Labute approximate surface area is 140 Å². The van der Waals surface area contributed by atoms with Crippen molar-refractivity contribution in [2.45, 2.75) is 33.1 Å². The van der Waals surface area contributed by atoms with Crippen LogP contribution in [0.3, 0.4) is 0 Å². The number of benzene rings is 1. The summed E-state index contributed by atoms with van der Waals surface area (Å²) in [5.74, 6) is -0.491. The van der Waals surface area contributed by atoms with Gasteiger partial charge >= 0.3 is 12.0 Å². The topological polar surface area (TPSA) is 93.5 Å². The average Bonchev–Trinajstić information content (AvgIpc) is 2.92. The molecule has 2 N–H and O–H groups in total. The summed E-state index contributed by atoms with van der Waals surface area (Å²) in [6.07, 6.45) is 0. The third-order valence-electron chi connectivity index (χ3n) is 3.18. The van der Waals surface area contributed by atoms with E-state index in [1.54, 1.807) is 12.1 Å². The molecule has 0 radical (unpaired) electrons. The fraction of sp³-hybridized carbons (Fsp3) is 0.353. The number of aromatic nitrogens is 1. The highest BCUT2D eigenvalue weighted by Gasteiger charge is 2.28. The highest BCUT2D eigenvalue weighted by molar-refractivity contribution is 6.03. The van der Waals surface area contributed by atoms with Crippen molar-refractivity contribution in [1.29, 1.82) is 0 Å². The van der Waals surface area contributed by atoms with Gasteiger partial charge in [-0.15, -0.1) is 0 Å². The maximum Gasteiger partial charge on any atom is 0.378 e. The van der Waals surface area contributed by atoms with Gasteiger partial charge in [-0.05, 0) is 19.1 Å². The second-order valence-electron chi connectivity index (χ2n) is 6.38. The predicted octanol–water partition coefficient (Wildman–Crippen LogP) is 3.71. The van der Waals surface area contributed by atoms with Gasteiger partial charge in [-0.3, -0.25) is 5.32 Å². The van der Waals surface area contributed by atoms with Crippen LogP contribution in [0.5, 0.6) is 0 Å². The number of amides is 2. The summed E-state index contributed by atoms with van der Waals surface area (Å²) in [7, 11) is 1.23. The summed E-state index contributed by atoms with van der Waals surface area (Å²) in [6, 6.07) is 6.78. The quantitative estimate of drug-likeness (QED) is 0.836. The third kappa shape index (κ3) is 4.13. The predicted molar refractivity (Wildman–Crippen MR) is 90.4 cm³/mol. The number of anilines is 2. The van der Waals surface area contributed by atoms with Crippen molar-refractivity contribution in [3.05, 3.63) is 41.5 Å². The number of methoxy groups -OCH3 is 1. The molecule has 0 atom stereocenters. The van der Waals surface area contributed by atoms with Crippen molar-refractivity contribution in [2.75, 3.05) is 17.7 Å². The highest BCUT2D eigenvalue weighted by atomic mass is 16.5. The summed E-state index contributed by atoms with van der Waals surface area (Å²) >= 11 is 0. The molecule has 0 aliphatic heterocycles. The van der Waals surface area contributed by atoms with Gasteiger partial charge in [0, 0.05) is 11.1 Å². The van der Waals surface area contributed by atoms with Crippen molar-refractivity contribution in [3.8, 4) is 0 Å². The van der Waals surface area contributed by atoms with Crippen molar-refractivity contribution in [1.82, 2.24) is 4.98 Å². The van der Waals surface area contributed by atoms with E-state index in [1.165, 1.54) is 7.11 Å². The zero-order valence-electron chi connectivity index (χ0n) is 14.4. The van der Waals surface area contributed by atoms with E-state index in [1.807, 2.05) is 39.8 Å². The van der Waals surface area contributed by atoms with E-state index < -0.39 is 17.4 Å². The largest absolute Gasteiger partial charge is 0.463 e. The monoisotopic (exact) mass is 331 g/mol. The van der Waals surface area contributed by atoms with Gasteiger partial charge in [0.1, 0.15) is 0 Å². The zero-order valence-corrected chi connectivity index (χ0v) is 14.4. The number of hydrogen-bond acceptors (Lipinski definition) is 5. The summed E-state index contributed by atoms with van der Waals surface area (Å²) in [6.45, 7) is 7.61. The molecule has 0 aliphatic rings. The number of nitrogens with zero attached hydrogens (tertiary/aromatic N) is 1. The number of ether oxygens (including phenoxy) is 1. The Morgan fingerprint density at radius 2 is 1.75 bits per heavy atom. The first-order chi connectivity index (χ1) is 11.2. The van der Waals surface area contributed by atoms with Gasteiger partial charge in [0.25, 0.3) is 5.76 Å². The molecule has 0 aliphatic carbocycles. The number of carbonyl (C=O) groups is 2. The maximum absolute atomic E-state index is 12.1. The molecule has 2 aromatic rings. The van der Waals surface area contributed by atoms with E-state index in [0.717, 1.165) is 5.56 Å². The second-order valence-corrected chi connectivity index (χ2v) is 6.38. The molecule has 0 saturated carbocycles.